The molecule has 0 amide bonds. The highest BCUT2D eigenvalue weighted by atomic mass is 32.1. The van der Waals surface area contributed by atoms with Crippen LogP contribution in [0.5, 0.6) is 0 Å². The first kappa shape index (κ1) is 21.7. The van der Waals surface area contributed by atoms with Gasteiger partial charge in [0.15, 0.2) is 5.96 Å². The zero-order chi connectivity index (χ0) is 20.5. The smallest absolute Gasteiger partial charge is 0.194 e. The van der Waals surface area contributed by atoms with E-state index < -0.39 is 0 Å². The Morgan fingerprint density at radius 2 is 2.14 bits per heavy atom. The van der Waals surface area contributed by atoms with Crippen LogP contribution in [0.4, 0.5) is 0 Å². The molecule has 1 fully saturated rings. The number of guanidine groups is 1. The normalized spacial score (nSPS) is 15.5. The highest BCUT2D eigenvalue weighted by Gasteiger charge is 2.14. The molecule has 6 nitrogen and oxygen atoms in total. The van der Waals surface area contributed by atoms with Crippen LogP contribution in [0.15, 0.2) is 34.6 Å². The molecule has 0 bridgehead atoms. The Labute approximate surface area is 178 Å². The molecule has 0 unspecified atom stereocenters. The predicted octanol–water partition coefficient (Wildman–Crippen LogP) is 3.74. The highest BCUT2D eigenvalue weighted by Crippen LogP contribution is 2.15. The number of aryl methyl sites for hydroxylation is 1. The fraction of sp³-hybridized carbons (Fsp3) is 0.545. The SMILES string of the molecule is CCNC(=NCc1cccc(COC2CCOCC2)c1)N(C)Cc1csc(C)n1. The minimum absolute atomic E-state index is 0.314. The molecule has 1 aromatic carbocycles. The fourth-order valence-corrected chi connectivity index (χ4v) is 3.91. The number of hydrogen-bond donors (Lipinski definition) is 1. The van der Waals surface area contributed by atoms with E-state index in [9.17, 15) is 0 Å². The molecule has 29 heavy (non-hydrogen) atoms. The summed E-state index contributed by atoms with van der Waals surface area (Å²) in [5.41, 5.74) is 3.46. The first-order valence-corrected chi connectivity index (χ1v) is 11.2. The topological polar surface area (TPSA) is 59.0 Å². The lowest BCUT2D eigenvalue weighted by atomic mass is 10.1. The summed E-state index contributed by atoms with van der Waals surface area (Å²) in [4.78, 5) is 11.5. The van der Waals surface area contributed by atoms with Crippen LogP contribution in [0, 0.1) is 6.92 Å². The van der Waals surface area contributed by atoms with Crippen molar-refractivity contribution in [3.05, 3.63) is 51.5 Å². The van der Waals surface area contributed by atoms with Crippen molar-refractivity contribution in [1.29, 1.82) is 0 Å². The molecule has 1 aromatic heterocycles. The second-order valence-electron chi connectivity index (χ2n) is 7.33. The van der Waals surface area contributed by atoms with E-state index in [1.807, 2.05) is 14.0 Å². The average Bonchev–Trinajstić information content (AvgIpc) is 3.15. The first-order valence-electron chi connectivity index (χ1n) is 10.3. The molecule has 0 saturated carbocycles. The van der Waals surface area contributed by atoms with E-state index in [0.717, 1.165) is 55.8 Å². The number of ether oxygens (including phenoxy) is 2. The van der Waals surface area contributed by atoms with Gasteiger partial charge in [-0.05, 0) is 37.8 Å². The molecule has 1 saturated heterocycles. The number of hydrogen-bond acceptors (Lipinski definition) is 5. The maximum atomic E-state index is 6.05. The second-order valence-corrected chi connectivity index (χ2v) is 8.39. The first-order chi connectivity index (χ1) is 14.1. The molecule has 1 N–H and O–H groups in total. The maximum absolute atomic E-state index is 6.05. The lowest BCUT2D eigenvalue weighted by Crippen LogP contribution is -2.38. The van der Waals surface area contributed by atoms with Gasteiger partial charge in [0, 0.05) is 32.2 Å². The van der Waals surface area contributed by atoms with Crippen molar-refractivity contribution < 1.29 is 9.47 Å². The Morgan fingerprint density at radius 1 is 1.34 bits per heavy atom. The monoisotopic (exact) mass is 416 g/mol. The molecule has 3 rings (SSSR count). The van der Waals surface area contributed by atoms with Gasteiger partial charge in [-0.25, -0.2) is 9.98 Å². The number of rotatable bonds is 8. The molecule has 0 radical (unpaired) electrons. The number of benzene rings is 1. The van der Waals surface area contributed by atoms with Gasteiger partial charge < -0.3 is 19.7 Å². The summed E-state index contributed by atoms with van der Waals surface area (Å²) in [7, 11) is 2.05. The minimum Gasteiger partial charge on any atom is -0.381 e. The third-order valence-corrected chi connectivity index (χ3v) is 5.64. The van der Waals surface area contributed by atoms with Crippen molar-refractivity contribution in [3.8, 4) is 0 Å². The number of aliphatic imine (C=N–C) groups is 1. The van der Waals surface area contributed by atoms with E-state index in [-0.39, 0.29) is 0 Å². The Kier molecular flexibility index (Phi) is 8.46. The quantitative estimate of drug-likeness (QED) is 0.525. The number of nitrogens with one attached hydrogen (secondary N) is 1. The zero-order valence-corrected chi connectivity index (χ0v) is 18.5. The molecule has 0 aliphatic carbocycles. The summed E-state index contributed by atoms with van der Waals surface area (Å²) in [6.45, 7) is 8.59. The van der Waals surface area contributed by atoms with Crippen LogP contribution in [-0.4, -0.2) is 48.8 Å². The van der Waals surface area contributed by atoms with E-state index >= 15 is 0 Å². The van der Waals surface area contributed by atoms with Gasteiger partial charge in [-0.1, -0.05) is 24.3 Å². The average molecular weight is 417 g/mol. The highest BCUT2D eigenvalue weighted by molar-refractivity contribution is 7.09. The Hall–Kier alpha value is -1.96. The molecule has 158 valence electrons. The van der Waals surface area contributed by atoms with Crippen LogP contribution in [-0.2, 0) is 29.2 Å². The van der Waals surface area contributed by atoms with E-state index in [1.165, 1.54) is 11.1 Å². The lowest BCUT2D eigenvalue weighted by molar-refractivity contribution is -0.0390. The Morgan fingerprint density at radius 3 is 2.86 bits per heavy atom. The molecule has 0 atom stereocenters. The van der Waals surface area contributed by atoms with Crippen LogP contribution in [0.1, 0.15) is 41.6 Å². The largest absolute Gasteiger partial charge is 0.381 e. The molecule has 1 aliphatic rings. The molecular weight excluding hydrogens is 384 g/mol. The van der Waals surface area contributed by atoms with E-state index in [1.54, 1.807) is 11.3 Å². The van der Waals surface area contributed by atoms with Crippen LogP contribution < -0.4 is 5.32 Å². The summed E-state index contributed by atoms with van der Waals surface area (Å²) in [6, 6.07) is 8.52. The predicted molar refractivity (Wildman–Crippen MR) is 118 cm³/mol. The van der Waals surface area contributed by atoms with Crippen LogP contribution in [0.2, 0.25) is 0 Å². The minimum atomic E-state index is 0.314. The van der Waals surface area contributed by atoms with Crippen molar-refractivity contribution in [2.45, 2.75) is 52.5 Å². The van der Waals surface area contributed by atoms with Crippen molar-refractivity contribution in [1.82, 2.24) is 15.2 Å². The van der Waals surface area contributed by atoms with Crippen molar-refractivity contribution in [3.63, 3.8) is 0 Å². The molecule has 2 heterocycles. The van der Waals surface area contributed by atoms with E-state index in [0.29, 0.717) is 19.3 Å². The van der Waals surface area contributed by atoms with Crippen LogP contribution >= 0.6 is 11.3 Å². The summed E-state index contributed by atoms with van der Waals surface area (Å²) >= 11 is 1.68. The molecule has 1 aliphatic heterocycles. The van der Waals surface area contributed by atoms with Gasteiger partial charge >= 0.3 is 0 Å². The van der Waals surface area contributed by atoms with Crippen LogP contribution in [0.3, 0.4) is 0 Å². The number of nitrogens with zero attached hydrogens (tertiary/aromatic N) is 3. The third kappa shape index (κ3) is 7.10. The molecule has 0 spiro atoms. The standard InChI is InChI=1S/C22H32N4O2S/c1-4-23-22(26(3)14-20-16-29-17(2)25-20)24-13-18-6-5-7-19(12-18)15-28-21-8-10-27-11-9-21/h5-7,12,16,21H,4,8-11,13-15H2,1-3H3,(H,23,24). The van der Waals surface area contributed by atoms with Gasteiger partial charge in [0.2, 0.25) is 0 Å². The second kappa shape index (κ2) is 11.3. The van der Waals surface area contributed by atoms with Gasteiger partial charge in [0.05, 0.1) is 36.5 Å². The number of aromatic nitrogens is 1. The summed E-state index contributed by atoms with van der Waals surface area (Å²) in [6.07, 6.45) is 2.29. The Balaban J connectivity index is 1.57. The summed E-state index contributed by atoms with van der Waals surface area (Å²) < 4.78 is 11.4. The number of thiazole rings is 1. The summed E-state index contributed by atoms with van der Waals surface area (Å²) in [5, 5.41) is 6.58. The van der Waals surface area contributed by atoms with E-state index in [4.69, 9.17) is 14.5 Å². The lowest BCUT2D eigenvalue weighted by Gasteiger charge is -2.22. The fourth-order valence-electron chi connectivity index (χ4n) is 3.31. The van der Waals surface area contributed by atoms with Gasteiger partial charge in [0.25, 0.3) is 0 Å². The summed E-state index contributed by atoms with van der Waals surface area (Å²) in [5.74, 6) is 0.891. The van der Waals surface area contributed by atoms with E-state index in [2.05, 4.69) is 51.8 Å². The van der Waals surface area contributed by atoms with Gasteiger partial charge in [-0.15, -0.1) is 11.3 Å². The van der Waals surface area contributed by atoms with Gasteiger partial charge in [-0.3, -0.25) is 0 Å². The van der Waals surface area contributed by atoms with Gasteiger partial charge in [0.1, 0.15) is 0 Å². The Bertz CT molecular complexity index is 787. The molecule has 7 heteroatoms. The van der Waals surface area contributed by atoms with Crippen molar-refractivity contribution >= 4 is 17.3 Å². The van der Waals surface area contributed by atoms with Crippen LogP contribution in [0.25, 0.3) is 0 Å². The zero-order valence-electron chi connectivity index (χ0n) is 17.7. The van der Waals surface area contributed by atoms with Gasteiger partial charge in [-0.2, -0.15) is 0 Å². The molecular formula is C22H32N4O2S. The van der Waals surface area contributed by atoms with Crippen molar-refractivity contribution in [2.24, 2.45) is 4.99 Å². The third-order valence-electron chi connectivity index (χ3n) is 4.82. The maximum Gasteiger partial charge on any atom is 0.194 e. The van der Waals surface area contributed by atoms with Crippen molar-refractivity contribution in [2.75, 3.05) is 26.8 Å². The molecule has 2 aromatic rings.